The molecule has 1 fully saturated rings. The third-order valence-corrected chi connectivity index (χ3v) is 13.6. The van der Waals surface area contributed by atoms with Crippen molar-refractivity contribution in [1.29, 1.82) is 0 Å². The summed E-state index contributed by atoms with van der Waals surface area (Å²) in [5.41, 5.74) is 2.08. The number of nitrogens with zero attached hydrogens (tertiary/aromatic N) is 1. The van der Waals surface area contributed by atoms with Gasteiger partial charge in [-0.2, -0.15) is 0 Å². The lowest BCUT2D eigenvalue weighted by Gasteiger charge is -2.55. The van der Waals surface area contributed by atoms with Gasteiger partial charge in [-0.05, 0) is 93.5 Å². The highest BCUT2D eigenvalue weighted by atomic mass is 32.3. The molecule has 0 amide bonds. The molecule has 0 unspecified atom stereocenters. The quantitative estimate of drug-likeness (QED) is 0.313. The van der Waals surface area contributed by atoms with Crippen LogP contribution in [0.5, 0.6) is 5.75 Å². The Labute approximate surface area is 226 Å². The van der Waals surface area contributed by atoms with Crippen molar-refractivity contribution < 1.29 is 19.0 Å². The average Bonchev–Trinajstić information content (AvgIpc) is 2.83. The van der Waals surface area contributed by atoms with E-state index >= 15 is 0 Å². The van der Waals surface area contributed by atoms with Gasteiger partial charge in [0.1, 0.15) is 11.4 Å². The Morgan fingerprint density at radius 3 is 1.89 bits per heavy atom. The first-order chi connectivity index (χ1) is 17.1. The average molecular weight is 530 g/mol. The van der Waals surface area contributed by atoms with Gasteiger partial charge in [0.05, 0.1) is 24.8 Å². The molecular formula is C31H47NO4S. The summed E-state index contributed by atoms with van der Waals surface area (Å²) in [5, 5.41) is 0. The first kappa shape index (κ1) is 29.5. The maximum absolute atomic E-state index is 13.0. The van der Waals surface area contributed by atoms with Crippen LogP contribution in [0.2, 0.25) is 0 Å². The zero-order chi connectivity index (χ0) is 27.5. The molecule has 5 nitrogen and oxygen atoms in total. The van der Waals surface area contributed by atoms with Crippen molar-refractivity contribution in [2.45, 2.75) is 70.2 Å². The van der Waals surface area contributed by atoms with Gasteiger partial charge in [0.25, 0.3) is 0 Å². The van der Waals surface area contributed by atoms with Gasteiger partial charge in [-0.15, -0.1) is 0 Å². The predicted octanol–water partition coefficient (Wildman–Crippen LogP) is 6.92. The molecule has 0 radical (unpaired) electrons. The highest BCUT2D eigenvalue weighted by Crippen LogP contribution is 2.62. The van der Waals surface area contributed by atoms with E-state index in [1.807, 2.05) is 48.5 Å². The molecule has 1 aliphatic rings. The van der Waals surface area contributed by atoms with E-state index in [1.165, 1.54) is 0 Å². The number of carbonyl (C=O) groups is 1. The van der Waals surface area contributed by atoms with E-state index in [2.05, 4.69) is 65.9 Å². The Bertz CT molecular complexity index is 1030. The van der Waals surface area contributed by atoms with E-state index in [0.717, 1.165) is 44.2 Å². The van der Waals surface area contributed by atoms with Crippen LogP contribution < -0.4 is 9.64 Å². The van der Waals surface area contributed by atoms with Crippen molar-refractivity contribution in [3.63, 3.8) is 0 Å². The molecule has 0 N–H and O–H groups in total. The lowest BCUT2D eigenvalue weighted by Crippen LogP contribution is -2.42. The third-order valence-electron chi connectivity index (χ3n) is 7.93. The van der Waals surface area contributed by atoms with Crippen LogP contribution in [0.15, 0.2) is 48.5 Å². The van der Waals surface area contributed by atoms with Gasteiger partial charge in [-0.1, -0.05) is 20.8 Å². The van der Waals surface area contributed by atoms with Crippen molar-refractivity contribution in [3.8, 4) is 5.75 Å². The first-order valence-electron chi connectivity index (χ1n) is 13.3. The zero-order valence-electron chi connectivity index (χ0n) is 24.3. The molecule has 0 saturated carbocycles. The number of morpholine rings is 1. The molecule has 0 aliphatic carbocycles. The van der Waals surface area contributed by atoms with Crippen molar-refractivity contribution >= 4 is 21.5 Å². The normalized spacial score (nSPS) is 16.0. The monoisotopic (exact) mass is 529 g/mol. The van der Waals surface area contributed by atoms with Crippen molar-refractivity contribution in [2.24, 2.45) is 0 Å². The fourth-order valence-corrected chi connectivity index (χ4v) is 6.14. The summed E-state index contributed by atoms with van der Waals surface area (Å²) in [4.78, 5) is 15.1. The number of hydrogen-bond acceptors (Lipinski definition) is 5. The van der Waals surface area contributed by atoms with Crippen molar-refractivity contribution in [3.05, 3.63) is 59.7 Å². The molecule has 206 valence electrons. The van der Waals surface area contributed by atoms with Gasteiger partial charge in [-0.25, -0.2) is 10.0 Å². The summed E-state index contributed by atoms with van der Waals surface area (Å²) in [6, 6.07) is 15.3. The second-order valence-electron chi connectivity index (χ2n) is 12.3. The number of hydrogen-bond donors (Lipinski definition) is 0. The fourth-order valence-electron chi connectivity index (χ4n) is 4.28. The van der Waals surface area contributed by atoms with E-state index in [-0.39, 0.29) is 15.5 Å². The second-order valence-corrected chi connectivity index (χ2v) is 17.2. The van der Waals surface area contributed by atoms with Crippen LogP contribution >= 0.6 is 10.0 Å². The summed E-state index contributed by atoms with van der Waals surface area (Å²) < 4.78 is 18.4. The zero-order valence-corrected chi connectivity index (χ0v) is 25.2. The summed E-state index contributed by atoms with van der Waals surface area (Å²) >= 11 is 0. The van der Waals surface area contributed by atoms with Crippen LogP contribution in [0, 0.1) is 0 Å². The molecule has 0 spiro atoms. The Morgan fingerprint density at radius 2 is 1.38 bits per heavy atom. The molecule has 37 heavy (non-hydrogen) atoms. The van der Waals surface area contributed by atoms with E-state index < -0.39 is 15.6 Å². The van der Waals surface area contributed by atoms with E-state index in [1.54, 1.807) is 0 Å². The summed E-state index contributed by atoms with van der Waals surface area (Å²) in [5.74, 6) is 0.767. The topological polar surface area (TPSA) is 48.0 Å². The molecule has 0 atom stereocenters. The molecule has 0 bridgehead atoms. The molecule has 2 aromatic carbocycles. The minimum atomic E-state index is -0.999. The van der Waals surface area contributed by atoms with Crippen LogP contribution in [0.4, 0.5) is 5.69 Å². The number of carbonyl (C=O) groups excluding carboxylic acids is 1. The number of ketones is 1. The second kappa shape index (κ2) is 11.4. The van der Waals surface area contributed by atoms with Gasteiger partial charge in [-0.3, -0.25) is 4.79 Å². The van der Waals surface area contributed by atoms with Gasteiger partial charge < -0.3 is 19.1 Å². The van der Waals surface area contributed by atoms with Crippen LogP contribution in [-0.4, -0.2) is 66.5 Å². The molecule has 1 aliphatic heterocycles. The highest BCUT2D eigenvalue weighted by Gasteiger charge is 2.42. The Balaban J connectivity index is 1.56. The van der Waals surface area contributed by atoms with E-state index in [0.29, 0.717) is 17.7 Å². The molecule has 3 rings (SSSR count). The number of benzene rings is 2. The molecule has 6 heteroatoms. The van der Waals surface area contributed by atoms with Crippen LogP contribution in [0.1, 0.15) is 70.8 Å². The predicted molar refractivity (Wildman–Crippen MR) is 158 cm³/mol. The smallest absolute Gasteiger partial charge is 0.193 e. The summed E-state index contributed by atoms with van der Waals surface area (Å²) in [6.45, 7) is 19.4. The minimum Gasteiger partial charge on any atom is -0.488 e. The number of anilines is 1. The Hall–Kier alpha value is -2.02. The molecule has 0 aromatic heterocycles. The van der Waals surface area contributed by atoms with Gasteiger partial charge >= 0.3 is 0 Å². The Kier molecular flexibility index (Phi) is 9.09. The van der Waals surface area contributed by atoms with Gasteiger partial charge in [0.15, 0.2) is 5.78 Å². The highest BCUT2D eigenvalue weighted by molar-refractivity contribution is 8.34. The summed E-state index contributed by atoms with van der Waals surface area (Å²) in [7, 11) is -0.999. The standard InChI is InChI=1S/C31H47NO4S/c1-29(2,3)37(8,9)31(6,7)35-21-18-30(4,5)36-27-16-12-25(13-17-27)28(33)24-10-14-26(15-11-24)32-19-22-34-23-20-32/h10-17H,18-23H2,1-9H3. The molecular weight excluding hydrogens is 482 g/mol. The minimum absolute atomic E-state index is 0.0129. The molecule has 2 aromatic rings. The maximum atomic E-state index is 13.0. The largest absolute Gasteiger partial charge is 0.488 e. The van der Waals surface area contributed by atoms with Crippen LogP contribution in [0.25, 0.3) is 0 Å². The number of rotatable bonds is 10. The number of ether oxygens (including phenoxy) is 3. The summed E-state index contributed by atoms with van der Waals surface area (Å²) in [6.07, 6.45) is 5.48. The lowest BCUT2D eigenvalue weighted by atomic mass is 10.0. The van der Waals surface area contributed by atoms with Gasteiger partial charge in [0.2, 0.25) is 0 Å². The van der Waals surface area contributed by atoms with Crippen LogP contribution in [-0.2, 0) is 9.47 Å². The molecule has 1 heterocycles. The maximum Gasteiger partial charge on any atom is 0.193 e. The molecule has 1 saturated heterocycles. The van der Waals surface area contributed by atoms with Crippen LogP contribution in [0.3, 0.4) is 0 Å². The third kappa shape index (κ3) is 7.30. The van der Waals surface area contributed by atoms with E-state index in [9.17, 15) is 4.79 Å². The SMILES string of the molecule is CC(C)(CCOC(C)(C)S(C)(C)C(C)(C)C)Oc1ccc(C(=O)c2ccc(N3CCOCC3)cc2)cc1. The lowest BCUT2D eigenvalue weighted by molar-refractivity contribution is 0.00572. The van der Waals surface area contributed by atoms with Crippen molar-refractivity contribution in [1.82, 2.24) is 0 Å². The van der Waals surface area contributed by atoms with Crippen molar-refractivity contribution in [2.75, 3.05) is 50.3 Å². The Morgan fingerprint density at radius 1 is 0.865 bits per heavy atom. The fraction of sp³-hybridized carbons (Fsp3) is 0.581. The first-order valence-corrected chi connectivity index (χ1v) is 15.7. The van der Waals surface area contributed by atoms with Gasteiger partial charge in [0, 0.05) is 36.3 Å². The van der Waals surface area contributed by atoms with E-state index in [4.69, 9.17) is 14.2 Å².